The molecule has 2 aromatic rings. The van der Waals surface area contributed by atoms with Gasteiger partial charge in [0.1, 0.15) is 15.6 Å². The quantitative estimate of drug-likeness (QED) is 0.134. The average molecular weight is 645 g/mol. The summed E-state index contributed by atoms with van der Waals surface area (Å²) in [5.74, 6) is -5.49. The molecule has 0 saturated carbocycles. The molecule has 0 fully saturated rings. The maximum atomic E-state index is 13.0. The third-order valence-electron chi connectivity index (χ3n) is 8.25. The molecule has 5 nitrogen and oxygen atoms in total. The summed E-state index contributed by atoms with van der Waals surface area (Å²) < 4.78 is 87.0. The summed E-state index contributed by atoms with van der Waals surface area (Å²) >= 11 is 0. The van der Waals surface area contributed by atoms with E-state index in [1.54, 1.807) is 6.07 Å². The molecule has 1 aliphatic carbocycles. The molecule has 2 aromatic carbocycles. The number of hydrogen-bond donors (Lipinski definition) is 2. The molecule has 0 spiro atoms. The molecule has 0 aromatic heterocycles. The second-order valence-electron chi connectivity index (χ2n) is 11.8. The molecule has 11 heteroatoms. The zero-order valence-electron chi connectivity index (χ0n) is 25.7. The van der Waals surface area contributed by atoms with Gasteiger partial charge in [0, 0.05) is 19.2 Å². The number of phenolic OH excluding ortho intramolecular Hbond substituents is 1. The van der Waals surface area contributed by atoms with Crippen LogP contribution in [0.2, 0.25) is 0 Å². The predicted octanol–water partition coefficient (Wildman–Crippen LogP) is 8.35. The third kappa shape index (κ3) is 10.8. The van der Waals surface area contributed by atoms with E-state index in [0.29, 0.717) is 13.0 Å². The third-order valence-corrected chi connectivity index (χ3v) is 10.1. The lowest BCUT2D eigenvalue weighted by Crippen LogP contribution is -2.36. The number of halogens is 5. The van der Waals surface area contributed by atoms with Crippen molar-refractivity contribution in [2.45, 2.75) is 82.7 Å². The topological polar surface area (TPSA) is 69.6 Å². The Balaban J connectivity index is 1.44. The smallest absolute Gasteiger partial charge is 0.453 e. The Labute approximate surface area is 258 Å². The van der Waals surface area contributed by atoms with Gasteiger partial charge in [-0.2, -0.15) is 22.0 Å². The van der Waals surface area contributed by atoms with Crippen molar-refractivity contribution in [2.24, 2.45) is 0 Å². The summed E-state index contributed by atoms with van der Waals surface area (Å²) in [6.45, 7) is 1.29. The molecule has 0 bridgehead atoms. The number of aromatic hydroxyl groups is 1. The van der Waals surface area contributed by atoms with Crippen LogP contribution in [0.15, 0.2) is 42.5 Å². The van der Waals surface area contributed by atoms with E-state index in [4.69, 9.17) is 0 Å². The Hall–Kier alpha value is -2.66. The lowest BCUT2D eigenvalue weighted by atomic mass is 9.89. The van der Waals surface area contributed by atoms with Crippen LogP contribution in [-0.2, 0) is 16.3 Å². The van der Waals surface area contributed by atoms with Gasteiger partial charge in [-0.25, -0.2) is 8.42 Å². The molecular formula is C33H45F5N2O3S. The van der Waals surface area contributed by atoms with E-state index in [2.05, 4.69) is 29.6 Å². The van der Waals surface area contributed by atoms with Crippen molar-refractivity contribution < 1.29 is 35.5 Å². The molecule has 0 saturated heterocycles. The molecule has 0 aliphatic heterocycles. The van der Waals surface area contributed by atoms with Gasteiger partial charge in [-0.15, -0.1) is 0 Å². The Morgan fingerprint density at radius 2 is 1.52 bits per heavy atom. The van der Waals surface area contributed by atoms with E-state index in [9.17, 15) is 35.5 Å². The van der Waals surface area contributed by atoms with Crippen LogP contribution in [0, 0.1) is 0 Å². The maximum Gasteiger partial charge on any atom is 0.453 e. The highest BCUT2D eigenvalue weighted by Crippen LogP contribution is 2.40. The number of unbranched alkanes of at least 4 members (excludes halogenated alkanes) is 3. The van der Waals surface area contributed by atoms with E-state index < -0.39 is 40.5 Å². The molecule has 0 unspecified atom stereocenters. The first-order valence-corrected chi connectivity index (χ1v) is 17.2. The van der Waals surface area contributed by atoms with Gasteiger partial charge in [-0.1, -0.05) is 31.0 Å². The summed E-state index contributed by atoms with van der Waals surface area (Å²) in [5, 5.41) is 13.3. The number of fused-ring (bicyclic) bond motifs is 1. The van der Waals surface area contributed by atoms with Gasteiger partial charge in [-0.05, 0) is 124 Å². The first-order valence-electron chi connectivity index (χ1n) is 15.4. The molecule has 0 radical (unpaired) electrons. The highest BCUT2D eigenvalue weighted by atomic mass is 32.2. The number of sulfone groups is 1. The van der Waals surface area contributed by atoms with Gasteiger partial charge in [0.15, 0.2) is 0 Å². The number of benzene rings is 2. The summed E-state index contributed by atoms with van der Waals surface area (Å²) in [7, 11) is 0.104. The molecule has 1 aliphatic rings. The molecule has 3 rings (SSSR count). The lowest BCUT2D eigenvalue weighted by Gasteiger charge is -2.19. The Kier molecular flexibility index (Phi) is 13.1. The SMILES string of the molecule is CNc1ccc(C2=C(CCCCCCN(C)CCCS(=O)(=O)CCCC(F)(F)C(F)(F)F)c3ccc(O)cc3CCC2)cc1. The largest absolute Gasteiger partial charge is 0.508 e. The fourth-order valence-corrected chi connectivity index (χ4v) is 7.11. The van der Waals surface area contributed by atoms with Gasteiger partial charge in [0.25, 0.3) is 0 Å². The molecule has 0 amide bonds. The first kappa shape index (κ1) is 35.8. The number of nitrogens with zero attached hydrogens (tertiary/aromatic N) is 1. The van der Waals surface area contributed by atoms with Crippen molar-refractivity contribution in [2.75, 3.05) is 44.0 Å². The summed E-state index contributed by atoms with van der Waals surface area (Å²) in [6.07, 6.45) is 0.256. The molecule has 2 N–H and O–H groups in total. The van der Waals surface area contributed by atoms with Gasteiger partial charge >= 0.3 is 12.1 Å². The van der Waals surface area contributed by atoms with Crippen LogP contribution in [0.25, 0.3) is 11.1 Å². The predicted molar refractivity (Wildman–Crippen MR) is 168 cm³/mol. The number of alkyl halides is 5. The fraction of sp³-hybridized carbons (Fsp3) is 0.576. The first-order chi connectivity index (χ1) is 20.7. The number of aryl methyl sites for hydroxylation is 1. The number of allylic oxidation sites excluding steroid dienone is 2. The Morgan fingerprint density at radius 1 is 0.864 bits per heavy atom. The van der Waals surface area contributed by atoms with E-state index in [1.165, 1.54) is 27.8 Å². The van der Waals surface area contributed by atoms with Crippen LogP contribution < -0.4 is 5.32 Å². The number of phenols is 1. The Bertz CT molecular complexity index is 1340. The summed E-state index contributed by atoms with van der Waals surface area (Å²) in [6, 6.07) is 14.2. The van der Waals surface area contributed by atoms with Crippen LogP contribution in [0.4, 0.5) is 27.6 Å². The zero-order valence-corrected chi connectivity index (χ0v) is 26.5. The minimum absolute atomic E-state index is 0.233. The van der Waals surface area contributed by atoms with Crippen LogP contribution in [0.3, 0.4) is 0 Å². The van der Waals surface area contributed by atoms with E-state index in [-0.39, 0.29) is 11.5 Å². The maximum absolute atomic E-state index is 13.0. The number of nitrogens with one attached hydrogen (secondary N) is 1. The zero-order chi connectivity index (χ0) is 32.4. The van der Waals surface area contributed by atoms with Crippen molar-refractivity contribution in [1.29, 1.82) is 0 Å². The summed E-state index contributed by atoms with van der Waals surface area (Å²) in [5.41, 5.74) is 7.40. The molecule has 0 heterocycles. The molecule has 246 valence electrons. The van der Waals surface area contributed by atoms with Crippen LogP contribution in [-0.4, -0.2) is 69.2 Å². The van der Waals surface area contributed by atoms with Gasteiger partial charge < -0.3 is 15.3 Å². The van der Waals surface area contributed by atoms with Crippen LogP contribution in [0.1, 0.15) is 80.9 Å². The molecule has 44 heavy (non-hydrogen) atoms. The van der Waals surface area contributed by atoms with E-state index >= 15 is 0 Å². The highest BCUT2D eigenvalue weighted by Gasteiger charge is 2.56. The van der Waals surface area contributed by atoms with Gasteiger partial charge in [0.05, 0.1) is 11.5 Å². The van der Waals surface area contributed by atoms with E-state index in [1.807, 2.05) is 31.1 Å². The van der Waals surface area contributed by atoms with Gasteiger partial charge in [0.2, 0.25) is 0 Å². The van der Waals surface area contributed by atoms with Gasteiger partial charge in [-0.3, -0.25) is 0 Å². The Morgan fingerprint density at radius 3 is 2.20 bits per heavy atom. The summed E-state index contributed by atoms with van der Waals surface area (Å²) in [4.78, 5) is 2.02. The number of anilines is 1. The second-order valence-corrected chi connectivity index (χ2v) is 14.1. The average Bonchev–Trinajstić information content (AvgIpc) is 3.12. The van der Waals surface area contributed by atoms with Crippen LogP contribution in [0.5, 0.6) is 5.75 Å². The molecular weight excluding hydrogens is 599 g/mol. The number of rotatable bonds is 17. The standard InChI is InChI=1S/C33H45F5N2O3S/c1-39-27-15-13-25(14-16-27)29-12-7-10-26-24-28(41)17-18-30(26)31(29)11-5-3-4-6-20-40(2)21-9-23-44(42,43)22-8-19-32(34,35)33(36,37)38/h13-18,24,39,41H,3-12,19-23H2,1-2H3. The monoisotopic (exact) mass is 644 g/mol. The lowest BCUT2D eigenvalue weighted by molar-refractivity contribution is -0.284. The normalized spacial score (nSPS) is 14.5. The number of hydrogen-bond acceptors (Lipinski definition) is 5. The van der Waals surface area contributed by atoms with Crippen LogP contribution >= 0.6 is 0 Å². The van der Waals surface area contributed by atoms with Crippen molar-refractivity contribution in [3.05, 3.63) is 59.2 Å². The minimum atomic E-state index is -5.66. The fourth-order valence-electron chi connectivity index (χ4n) is 5.75. The van der Waals surface area contributed by atoms with Crippen molar-refractivity contribution in [3.8, 4) is 5.75 Å². The van der Waals surface area contributed by atoms with Crippen molar-refractivity contribution in [3.63, 3.8) is 0 Å². The highest BCUT2D eigenvalue weighted by molar-refractivity contribution is 7.91. The van der Waals surface area contributed by atoms with E-state index in [0.717, 1.165) is 63.6 Å². The minimum Gasteiger partial charge on any atom is -0.508 e. The van der Waals surface area contributed by atoms with Crippen molar-refractivity contribution >= 4 is 26.7 Å². The second kappa shape index (κ2) is 16.1. The van der Waals surface area contributed by atoms with Crippen molar-refractivity contribution in [1.82, 2.24) is 4.90 Å². The molecule has 0 atom stereocenters.